The van der Waals surface area contributed by atoms with Crippen LogP contribution in [0.15, 0.2) is 89.1 Å². The summed E-state index contributed by atoms with van der Waals surface area (Å²) in [6, 6.07) is 25.7. The third kappa shape index (κ3) is 6.18. The van der Waals surface area contributed by atoms with E-state index in [9.17, 15) is 0 Å². The zero-order valence-corrected chi connectivity index (χ0v) is 18.5. The Morgan fingerprint density at radius 1 is 0.645 bits per heavy atom. The first-order valence-electron chi connectivity index (χ1n) is 9.43. The Balaban J connectivity index is 2.16. The highest BCUT2D eigenvalue weighted by molar-refractivity contribution is 7.80. The molecular formula is C23H22N6S2. The van der Waals surface area contributed by atoms with Crippen LogP contribution in [-0.4, -0.2) is 21.6 Å². The number of nitrogens with one attached hydrogen (secondary N) is 2. The van der Waals surface area contributed by atoms with Crippen molar-refractivity contribution in [1.82, 2.24) is 10.9 Å². The summed E-state index contributed by atoms with van der Waals surface area (Å²) < 4.78 is 0. The molecule has 0 aromatic heterocycles. The first-order chi connectivity index (χ1) is 14.9. The second-order valence-corrected chi connectivity index (χ2v) is 7.57. The van der Waals surface area contributed by atoms with Gasteiger partial charge in [0.05, 0.1) is 11.4 Å². The number of benzene rings is 3. The van der Waals surface area contributed by atoms with E-state index in [1.54, 1.807) is 0 Å². The molecule has 0 amide bonds. The van der Waals surface area contributed by atoms with Gasteiger partial charge in [-0.3, -0.25) is 10.9 Å². The minimum atomic E-state index is 0.0912. The third-order valence-corrected chi connectivity index (χ3v) is 4.46. The number of hydrogen-bond acceptors (Lipinski definition) is 4. The molecule has 0 heterocycles. The van der Waals surface area contributed by atoms with Gasteiger partial charge in [0.25, 0.3) is 0 Å². The highest BCUT2D eigenvalue weighted by Crippen LogP contribution is 2.19. The zero-order valence-electron chi connectivity index (χ0n) is 16.9. The second-order valence-electron chi connectivity index (χ2n) is 6.69. The molecule has 31 heavy (non-hydrogen) atoms. The molecule has 8 heteroatoms. The Labute approximate surface area is 192 Å². The summed E-state index contributed by atoms with van der Waals surface area (Å²) in [7, 11) is 0. The highest BCUT2D eigenvalue weighted by atomic mass is 32.1. The molecular weight excluding hydrogens is 424 g/mol. The molecule has 0 aliphatic heterocycles. The van der Waals surface area contributed by atoms with Crippen molar-refractivity contribution >= 4 is 46.1 Å². The van der Waals surface area contributed by atoms with E-state index in [1.165, 1.54) is 0 Å². The van der Waals surface area contributed by atoms with Crippen LogP contribution in [0, 0.1) is 6.92 Å². The average molecular weight is 447 g/mol. The van der Waals surface area contributed by atoms with E-state index >= 15 is 0 Å². The van der Waals surface area contributed by atoms with Crippen LogP contribution in [0.25, 0.3) is 0 Å². The van der Waals surface area contributed by atoms with Crippen molar-refractivity contribution < 1.29 is 0 Å². The lowest BCUT2D eigenvalue weighted by Gasteiger charge is -2.13. The maximum Gasteiger partial charge on any atom is 0.184 e. The maximum absolute atomic E-state index is 5.61. The lowest BCUT2D eigenvalue weighted by Crippen LogP contribution is -2.26. The first-order valence-corrected chi connectivity index (χ1v) is 10.2. The topological polar surface area (TPSA) is 101 Å². The van der Waals surface area contributed by atoms with E-state index in [1.807, 2.05) is 85.8 Å². The van der Waals surface area contributed by atoms with Gasteiger partial charge in [-0.1, -0.05) is 60.7 Å². The van der Waals surface area contributed by atoms with Gasteiger partial charge in [0.15, 0.2) is 10.2 Å². The van der Waals surface area contributed by atoms with Gasteiger partial charge in [0.1, 0.15) is 0 Å². The van der Waals surface area contributed by atoms with Gasteiger partial charge in [-0.15, -0.1) is 0 Å². The zero-order chi connectivity index (χ0) is 22.2. The smallest absolute Gasteiger partial charge is 0.184 e. The minimum Gasteiger partial charge on any atom is -0.375 e. The van der Waals surface area contributed by atoms with Crippen LogP contribution in [0.2, 0.25) is 0 Å². The van der Waals surface area contributed by atoms with E-state index in [4.69, 9.17) is 35.9 Å². The molecule has 6 nitrogen and oxygen atoms in total. The summed E-state index contributed by atoms with van der Waals surface area (Å²) in [6.45, 7) is 2.01. The van der Waals surface area contributed by atoms with Crippen molar-refractivity contribution in [2.24, 2.45) is 21.7 Å². The fraction of sp³-hybridized carbons (Fsp3) is 0.0435. The first kappa shape index (κ1) is 22.1. The Bertz CT molecular complexity index is 1050. The number of hydrazone groups is 2. The molecule has 0 saturated carbocycles. The van der Waals surface area contributed by atoms with Gasteiger partial charge in [-0.05, 0) is 55.1 Å². The lowest BCUT2D eigenvalue weighted by molar-refractivity contribution is 1.03. The fourth-order valence-electron chi connectivity index (χ4n) is 3.06. The number of aryl methyl sites for hydroxylation is 1. The molecule has 3 aromatic carbocycles. The Hall–Kier alpha value is -3.62. The molecule has 0 aliphatic carbocycles. The summed E-state index contributed by atoms with van der Waals surface area (Å²) in [5, 5.41) is 9.10. The van der Waals surface area contributed by atoms with Crippen molar-refractivity contribution in [2.45, 2.75) is 6.92 Å². The van der Waals surface area contributed by atoms with Crippen LogP contribution in [0.3, 0.4) is 0 Å². The molecule has 0 bridgehead atoms. The molecule has 0 saturated heterocycles. The molecule has 0 fully saturated rings. The lowest BCUT2D eigenvalue weighted by atomic mass is 9.94. The van der Waals surface area contributed by atoms with Crippen LogP contribution in [0.5, 0.6) is 0 Å². The maximum atomic E-state index is 5.61. The van der Waals surface area contributed by atoms with E-state index < -0.39 is 0 Å². The Kier molecular flexibility index (Phi) is 7.42. The molecule has 3 rings (SSSR count). The Morgan fingerprint density at radius 3 is 1.39 bits per heavy atom. The van der Waals surface area contributed by atoms with Gasteiger partial charge >= 0.3 is 0 Å². The largest absolute Gasteiger partial charge is 0.375 e. The standard InChI is InChI=1S/C23H22N6S2/c1-15-12-18(20(26-28-22(24)30)16-8-4-2-5-9-16)14-19(13-15)21(27-29-23(25)31)17-10-6-3-7-11-17/h2-14H,1H3,(H3,24,28,30)(H3,25,29,31). The molecule has 156 valence electrons. The van der Waals surface area contributed by atoms with E-state index in [2.05, 4.69) is 21.1 Å². The number of nitrogens with two attached hydrogens (primary N) is 2. The molecule has 0 radical (unpaired) electrons. The summed E-state index contributed by atoms with van der Waals surface area (Å²) in [5.74, 6) is 0. The van der Waals surface area contributed by atoms with Crippen molar-refractivity contribution in [3.8, 4) is 0 Å². The summed E-state index contributed by atoms with van der Waals surface area (Å²) in [6.07, 6.45) is 0. The molecule has 3 aromatic rings. The van der Waals surface area contributed by atoms with Crippen LogP contribution >= 0.6 is 24.4 Å². The number of nitrogens with zero attached hydrogens (tertiary/aromatic N) is 2. The number of hydrogen-bond donors (Lipinski definition) is 4. The van der Waals surface area contributed by atoms with Crippen molar-refractivity contribution in [3.05, 3.63) is 107 Å². The van der Waals surface area contributed by atoms with E-state index in [0.29, 0.717) is 11.4 Å². The quantitative estimate of drug-likeness (QED) is 0.264. The summed E-state index contributed by atoms with van der Waals surface area (Å²) >= 11 is 9.88. The number of rotatable bonds is 6. The van der Waals surface area contributed by atoms with Gasteiger partial charge in [0, 0.05) is 22.3 Å². The molecule has 6 N–H and O–H groups in total. The Morgan fingerprint density at radius 2 is 1.03 bits per heavy atom. The normalized spacial score (nSPS) is 11.6. The summed E-state index contributed by atoms with van der Waals surface area (Å²) in [4.78, 5) is 0. The predicted molar refractivity (Wildman–Crippen MR) is 135 cm³/mol. The van der Waals surface area contributed by atoms with Gasteiger partial charge in [-0.25, -0.2) is 0 Å². The van der Waals surface area contributed by atoms with Crippen LogP contribution in [-0.2, 0) is 0 Å². The van der Waals surface area contributed by atoms with Gasteiger partial charge < -0.3 is 11.5 Å². The second kappa shape index (κ2) is 10.4. The van der Waals surface area contributed by atoms with Crippen LogP contribution < -0.4 is 22.3 Å². The number of thiocarbonyl (C=S) groups is 2. The van der Waals surface area contributed by atoms with Crippen molar-refractivity contribution in [3.63, 3.8) is 0 Å². The van der Waals surface area contributed by atoms with Crippen molar-refractivity contribution in [2.75, 3.05) is 0 Å². The molecule has 0 atom stereocenters. The average Bonchev–Trinajstić information content (AvgIpc) is 2.75. The molecule has 0 aliphatic rings. The van der Waals surface area contributed by atoms with Crippen molar-refractivity contribution in [1.29, 1.82) is 0 Å². The van der Waals surface area contributed by atoms with Gasteiger partial charge in [0.2, 0.25) is 0 Å². The molecule has 0 spiro atoms. The fourth-order valence-corrected chi connectivity index (χ4v) is 3.15. The van der Waals surface area contributed by atoms with E-state index in [-0.39, 0.29) is 10.2 Å². The molecule has 0 unspecified atom stereocenters. The van der Waals surface area contributed by atoms with E-state index in [0.717, 1.165) is 27.8 Å². The SMILES string of the molecule is Cc1cc(C(=NNC(N)=S)c2ccccc2)cc(C(=NNC(N)=S)c2ccccc2)c1. The predicted octanol–water partition coefficient (Wildman–Crippen LogP) is 3.17. The third-order valence-electron chi connectivity index (χ3n) is 4.27. The highest BCUT2D eigenvalue weighted by Gasteiger charge is 2.14. The van der Waals surface area contributed by atoms with Crippen LogP contribution in [0.1, 0.15) is 27.8 Å². The monoisotopic (exact) mass is 446 g/mol. The summed E-state index contributed by atoms with van der Waals surface area (Å²) in [5.41, 5.74) is 22.7. The minimum absolute atomic E-state index is 0.0912. The van der Waals surface area contributed by atoms with Gasteiger partial charge in [-0.2, -0.15) is 10.2 Å². The van der Waals surface area contributed by atoms with Crippen LogP contribution in [0.4, 0.5) is 0 Å².